The second-order valence-electron chi connectivity index (χ2n) is 8.85. The highest BCUT2D eigenvalue weighted by Gasteiger charge is 2.21. The summed E-state index contributed by atoms with van der Waals surface area (Å²) in [7, 11) is 0. The van der Waals surface area contributed by atoms with Crippen LogP contribution in [0.25, 0.3) is 10.2 Å². The molecule has 35 heavy (non-hydrogen) atoms. The van der Waals surface area contributed by atoms with Crippen LogP contribution in [-0.2, 0) is 5.75 Å². The lowest BCUT2D eigenvalue weighted by Gasteiger charge is -2.20. The van der Waals surface area contributed by atoms with Gasteiger partial charge in [0.05, 0.1) is 10.2 Å². The lowest BCUT2D eigenvalue weighted by Crippen LogP contribution is -2.25. The summed E-state index contributed by atoms with van der Waals surface area (Å²) < 4.78 is 2.20. The van der Waals surface area contributed by atoms with Crippen LogP contribution in [-0.4, -0.2) is 46.1 Å². The van der Waals surface area contributed by atoms with Crippen molar-refractivity contribution >= 4 is 68.4 Å². The first-order chi connectivity index (χ1) is 17.2. The maximum atomic E-state index is 6.00. The third-order valence-corrected chi connectivity index (χ3v) is 8.77. The zero-order chi connectivity index (χ0) is 23.6. The highest BCUT2D eigenvalue weighted by Crippen LogP contribution is 2.34. The van der Waals surface area contributed by atoms with Gasteiger partial charge in [-0.2, -0.15) is 15.0 Å². The van der Waals surface area contributed by atoms with Crippen LogP contribution < -0.4 is 15.1 Å². The number of anilines is 4. The van der Waals surface area contributed by atoms with E-state index in [0.717, 1.165) is 69.1 Å². The maximum absolute atomic E-state index is 6.00. The molecule has 0 radical (unpaired) electrons. The minimum atomic E-state index is 0.602. The number of fused-ring (bicyclic) bond motifs is 1. The average molecular weight is 524 g/mol. The molecule has 0 atom stereocenters. The number of thiazole rings is 1. The molecule has 4 aromatic rings. The van der Waals surface area contributed by atoms with E-state index in [0.29, 0.717) is 5.95 Å². The normalized spacial score (nSPS) is 15.9. The minimum absolute atomic E-state index is 0.602. The van der Waals surface area contributed by atoms with Gasteiger partial charge in [0.15, 0.2) is 4.34 Å². The lowest BCUT2D eigenvalue weighted by atomic mass is 10.2. The van der Waals surface area contributed by atoms with Gasteiger partial charge in [-0.3, -0.25) is 0 Å². The highest BCUT2D eigenvalue weighted by molar-refractivity contribution is 8.00. The summed E-state index contributed by atoms with van der Waals surface area (Å²) in [5.41, 5.74) is 3.20. The molecule has 2 aromatic heterocycles. The molecule has 6 rings (SSSR count). The number of hydrogen-bond donors (Lipinski definition) is 1. The van der Waals surface area contributed by atoms with Crippen molar-refractivity contribution in [3.63, 3.8) is 0 Å². The van der Waals surface area contributed by atoms with Crippen LogP contribution in [0.2, 0.25) is 5.02 Å². The quantitative estimate of drug-likeness (QED) is 0.280. The summed E-state index contributed by atoms with van der Waals surface area (Å²) >= 11 is 9.45. The Morgan fingerprint density at radius 3 is 2.14 bits per heavy atom. The topological polar surface area (TPSA) is 70.1 Å². The van der Waals surface area contributed by atoms with Gasteiger partial charge in [-0.05, 0) is 61.6 Å². The second kappa shape index (κ2) is 10.2. The van der Waals surface area contributed by atoms with Crippen molar-refractivity contribution < 1.29 is 0 Å². The molecule has 0 aliphatic carbocycles. The van der Waals surface area contributed by atoms with Crippen molar-refractivity contribution in [2.24, 2.45) is 0 Å². The first-order valence-electron chi connectivity index (χ1n) is 12.0. The first-order valence-corrected chi connectivity index (χ1v) is 14.2. The van der Waals surface area contributed by atoms with Crippen LogP contribution in [0.15, 0.2) is 46.8 Å². The Kier molecular flexibility index (Phi) is 6.63. The van der Waals surface area contributed by atoms with Gasteiger partial charge < -0.3 is 15.1 Å². The number of rotatable bonds is 7. The van der Waals surface area contributed by atoms with Gasteiger partial charge in [-0.15, -0.1) is 11.3 Å². The molecule has 2 fully saturated rings. The molecule has 0 bridgehead atoms. The smallest absolute Gasteiger partial charge is 0.233 e. The van der Waals surface area contributed by atoms with Crippen LogP contribution in [0, 0.1) is 0 Å². The van der Waals surface area contributed by atoms with Crippen molar-refractivity contribution in [2.75, 3.05) is 41.3 Å². The lowest BCUT2D eigenvalue weighted by molar-refractivity contribution is 0.841. The Morgan fingerprint density at radius 2 is 1.49 bits per heavy atom. The molecule has 0 spiro atoms. The summed E-state index contributed by atoms with van der Waals surface area (Å²) in [4.78, 5) is 23.7. The van der Waals surface area contributed by atoms with Crippen molar-refractivity contribution in [3.8, 4) is 0 Å². The van der Waals surface area contributed by atoms with E-state index in [9.17, 15) is 0 Å². The van der Waals surface area contributed by atoms with Gasteiger partial charge in [-0.1, -0.05) is 35.5 Å². The molecule has 4 heterocycles. The van der Waals surface area contributed by atoms with Crippen molar-refractivity contribution in [2.45, 2.75) is 35.8 Å². The number of thioether (sulfide) groups is 1. The predicted molar refractivity (Wildman–Crippen MR) is 147 cm³/mol. The molecule has 10 heteroatoms. The number of aromatic nitrogens is 4. The van der Waals surface area contributed by atoms with Gasteiger partial charge in [0.1, 0.15) is 0 Å². The zero-order valence-electron chi connectivity index (χ0n) is 19.3. The molecule has 0 saturated carbocycles. The van der Waals surface area contributed by atoms with E-state index in [-0.39, 0.29) is 0 Å². The number of hydrogen-bond acceptors (Lipinski definition) is 9. The van der Waals surface area contributed by atoms with Crippen LogP contribution in [0.1, 0.15) is 31.2 Å². The molecular weight excluding hydrogens is 498 g/mol. The Bertz CT molecular complexity index is 1280. The molecule has 0 amide bonds. The summed E-state index contributed by atoms with van der Waals surface area (Å²) in [5, 5.41) is 4.20. The SMILES string of the molecule is Clc1ccc(CSc2nc3ccc(Nc4nc(N5CCCC5)nc(N5CCCC5)n4)cc3s2)cc1. The van der Waals surface area contributed by atoms with E-state index in [1.165, 1.54) is 31.2 Å². The molecule has 1 N–H and O–H groups in total. The van der Waals surface area contributed by atoms with Crippen molar-refractivity contribution in [1.29, 1.82) is 0 Å². The molecule has 2 aliphatic heterocycles. The van der Waals surface area contributed by atoms with E-state index in [1.54, 1.807) is 23.1 Å². The molecule has 2 aromatic carbocycles. The molecule has 180 valence electrons. The van der Waals surface area contributed by atoms with E-state index >= 15 is 0 Å². The van der Waals surface area contributed by atoms with Crippen LogP contribution in [0.5, 0.6) is 0 Å². The fraction of sp³-hybridized carbons (Fsp3) is 0.360. The zero-order valence-corrected chi connectivity index (χ0v) is 21.7. The number of nitrogens with one attached hydrogen (secondary N) is 1. The number of benzene rings is 2. The Morgan fingerprint density at radius 1 is 0.829 bits per heavy atom. The standard InChI is InChI=1S/C25H26ClN7S2/c26-18-7-5-17(6-8-18)16-34-25-28-20-10-9-19(15-21(20)35-25)27-22-29-23(32-11-1-2-12-32)31-24(30-22)33-13-3-4-14-33/h5-10,15H,1-4,11-14,16H2,(H,27,29,30,31). The van der Waals surface area contributed by atoms with Crippen LogP contribution >= 0.6 is 34.7 Å². The van der Waals surface area contributed by atoms with E-state index in [2.05, 4.69) is 39.4 Å². The molecule has 2 aliphatic rings. The summed E-state index contributed by atoms with van der Waals surface area (Å²) in [6.45, 7) is 4.02. The number of nitrogens with zero attached hydrogens (tertiary/aromatic N) is 6. The van der Waals surface area contributed by atoms with Crippen molar-refractivity contribution in [3.05, 3.63) is 53.1 Å². The van der Waals surface area contributed by atoms with Crippen LogP contribution in [0.4, 0.5) is 23.5 Å². The largest absolute Gasteiger partial charge is 0.341 e. The van der Waals surface area contributed by atoms with E-state index < -0.39 is 0 Å². The van der Waals surface area contributed by atoms with Gasteiger partial charge in [0.2, 0.25) is 17.8 Å². The maximum Gasteiger partial charge on any atom is 0.233 e. The number of halogens is 1. The Labute approximate surface area is 218 Å². The molecule has 7 nitrogen and oxygen atoms in total. The molecule has 0 unspecified atom stereocenters. The average Bonchev–Trinajstić information content (AvgIpc) is 3.65. The van der Waals surface area contributed by atoms with E-state index in [4.69, 9.17) is 31.5 Å². The van der Waals surface area contributed by atoms with Gasteiger partial charge in [-0.25, -0.2) is 4.98 Å². The highest BCUT2D eigenvalue weighted by atomic mass is 35.5. The van der Waals surface area contributed by atoms with Crippen molar-refractivity contribution in [1.82, 2.24) is 19.9 Å². The van der Waals surface area contributed by atoms with Crippen LogP contribution in [0.3, 0.4) is 0 Å². The fourth-order valence-corrected chi connectivity index (χ4v) is 6.61. The minimum Gasteiger partial charge on any atom is -0.341 e. The van der Waals surface area contributed by atoms with Gasteiger partial charge in [0, 0.05) is 42.6 Å². The summed E-state index contributed by atoms with van der Waals surface area (Å²) in [5.74, 6) is 3.03. The predicted octanol–water partition coefficient (Wildman–Crippen LogP) is 6.37. The molecular formula is C25H26ClN7S2. The Hall–Kier alpha value is -2.62. The Balaban J connectivity index is 1.21. The third-order valence-electron chi connectivity index (χ3n) is 6.29. The second-order valence-corrected chi connectivity index (χ2v) is 11.5. The third kappa shape index (κ3) is 5.32. The van der Waals surface area contributed by atoms with Gasteiger partial charge in [0.25, 0.3) is 0 Å². The molecule has 2 saturated heterocycles. The summed E-state index contributed by atoms with van der Waals surface area (Å²) in [6, 6.07) is 14.2. The fourth-order valence-electron chi connectivity index (χ4n) is 4.42. The van der Waals surface area contributed by atoms with E-state index in [1.807, 2.05) is 18.2 Å². The monoisotopic (exact) mass is 523 g/mol. The summed E-state index contributed by atoms with van der Waals surface area (Å²) in [6.07, 6.45) is 4.75. The van der Waals surface area contributed by atoms with Gasteiger partial charge >= 0.3 is 0 Å². The first kappa shape index (κ1) is 22.8.